The third-order valence-corrected chi connectivity index (χ3v) is 5.71. The predicted octanol–water partition coefficient (Wildman–Crippen LogP) is 4.24. The molecule has 0 unspecified atom stereocenters. The molecule has 4 rings (SSSR count). The van der Waals surface area contributed by atoms with Gasteiger partial charge in [-0.3, -0.25) is 19.0 Å². The third-order valence-electron chi connectivity index (χ3n) is 5.71. The van der Waals surface area contributed by atoms with Crippen LogP contribution in [-0.4, -0.2) is 35.6 Å². The van der Waals surface area contributed by atoms with E-state index in [0.29, 0.717) is 39.5 Å². The van der Waals surface area contributed by atoms with Crippen molar-refractivity contribution in [1.82, 2.24) is 9.55 Å². The number of anilines is 2. The molecule has 0 bridgehead atoms. The number of hydrogen-bond donors (Lipinski definition) is 2. The van der Waals surface area contributed by atoms with Gasteiger partial charge in [-0.1, -0.05) is 30.3 Å². The number of carbonyl (C=O) groups excluding carboxylic acids is 2. The zero-order valence-electron chi connectivity index (χ0n) is 20.4. The summed E-state index contributed by atoms with van der Waals surface area (Å²) in [7, 11) is 3.04. The number of hydrogen-bond acceptors (Lipinski definition) is 6. The van der Waals surface area contributed by atoms with Crippen molar-refractivity contribution >= 4 is 34.2 Å². The molecule has 0 aliphatic carbocycles. The zero-order valence-corrected chi connectivity index (χ0v) is 20.4. The van der Waals surface area contributed by atoms with Crippen LogP contribution < -0.4 is 25.7 Å². The van der Waals surface area contributed by atoms with Gasteiger partial charge in [-0.05, 0) is 37.3 Å². The molecule has 0 fully saturated rings. The average molecular weight is 487 g/mol. The first-order valence-corrected chi connectivity index (χ1v) is 11.2. The Morgan fingerprint density at radius 2 is 1.61 bits per heavy atom. The Bertz CT molecular complexity index is 1510. The molecular weight excluding hydrogens is 460 g/mol. The van der Waals surface area contributed by atoms with E-state index < -0.39 is 17.5 Å². The molecule has 1 atom stereocenters. The molecule has 184 valence electrons. The van der Waals surface area contributed by atoms with E-state index in [1.165, 1.54) is 25.7 Å². The van der Waals surface area contributed by atoms with Gasteiger partial charge in [0.2, 0.25) is 11.8 Å². The van der Waals surface area contributed by atoms with Crippen LogP contribution in [0.3, 0.4) is 0 Å². The van der Waals surface area contributed by atoms with Gasteiger partial charge in [0.1, 0.15) is 11.7 Å². The van der Waals surface area contributed by atoms with Gasteiger partial charge in [-0.25, -0.2) is 4.98 Å². The molecule has 0 spiro atoms. The number of amides is 2. The van der Waals surface area contributed by atoms with E-state index in [9.17, 15) is 14.4 Å². The highest BCUT2D eigenvalue weighted by Gasteiger charge is 2.23. The molecule has 0 aliphatic rings. The Labute approximate surface area is 207 Å². The lowest BCUT2D eigenvalue weighted by molar-refractivity contribution is -0.118. The molecule has 9 nitrogen and oxygen atoms in total. The monoisotopic (exact) mass is 486 g/mol. The summed E-state index contributed by atoms with van der Waals surface area (Å²) in [6.45, 7) is 3.04. The molecular formula is C27H26N4O5. The Morgan fingerprint density at radius 3 is 2.33 bits per heavy atom. The van der Waals surface area contributed by atoms with Gasteiger partial charge in [0.15, 0.2) is 11.5 Å². The fourth-order valence-corrected chi connectivity index (χ4v) is 3.98. The number of para-hydroxylation sites is 3. The molecule has 2 N–H and O–H groups in total. The van der Waals surface area contributed by atoms with Crippen LogP contribution in [0.2, 0.25) is 0 Å². The normalized spacial score (nSPS) is 11.6. The number of methoxy groups -OCH3 is 2. The molecule has 1 aromatic heterocycles. The maximum absolute atomic E-state index is 13.8. The van der Waals surface area contributed by atoms with Crippen molar-refractivity contribution < 1.29 is 19.1 Å². The highest BCUT2D eigenvalue weighted by Crippen LogP contribution is 2.30. The lowest BCUT2D eigenvalue weighted by atomic mass is 10.1. The van der Waals surface area contributed by atoms with Crippen molar-refractivity contribution in [2.24, 2.45) is 0 Å². The fourth-order valence-electron chi connectivity index (χ4n) is 3.98. The summed E-state index contributed by atoms with van der Waals surface area (Å²) in [5.74, 6) is 0.321. The molecule has 0 saturated carbocycles. The molecule has 1 heterocycles. The van der Waals surface area contributed by atoms with Crippen LogP contribution in [-0.2, 0) is 9.59 Å². The van der Waals surface area contributed by atoms with Crippen molar-refractivity contribution in [3.05, 3.63) is 77.1 Å². The first-order valence-electron chi connectivity index (χ1n) is 11.2. The number of rotatable bonds is 7. The first kappa shape index (κ1) is 24.5. The predicted molar refractivity (Wildman–Crippen MR) is 139 cm³/mol. The number of ether oxygens (including phenoxy) is 2. The van der Waals surface area contributed by atoms with Crippen molar-refractivity contribution in [2.45, 2.75) is 19.9 Å². The number of nitrogens with one attached hydrogen (secondary N) is 2. The maximum atomic E-state index is 13.8. The van der Waals surface area contributed by atoms with Gasteiger partial charge >= 0.3 is 0 Å². The number of aromatic nitrogens is 2. The van der Waals surface area contributed by atoms with Gasteiger partial charge in [-0.15, -0.1) is 0 Å². The lowest BCUT2D eigenvalue weighted by Gasteiger charge is -2.20. The van der Waals surface area contributed by atoms with E-state index in [1.807, 2.05) is 6.07 Å². The molecule has 0 radical (unpaired) electrons. The van der Waals surface area contributed by atoms with Crippen LogP contribution in [0.25, 0.3) is 22.3 Å². The molecule has 9 heteroatoms. The van der Waals surface area contributed by atoms with E-state index in [4.69, 9.17) is 9.47 Å². The van der Waals surface area contributed by atoms with Crippen LogP contribution in [0.1, 0.15) is 19.9 Å². The summed E-state index contributed by atoms with van der Waals surface area (Å²) < 4.78 is 12.0. The van der Waals surface area contributed by atoms with E-state index in [-0.39, 0.29) is 11.6 Å². The van der Waals surface area contributed by atoms with Crippen molar-refractivity contribution in [1.29, 1.82) is 0 Å². The topological polar surface area (TPSA) is 112 Å². The van der Waals surface area contributed by atoms with Gasteiger partial charge < -0.3 is 20.1 Å². The van der Waals surface area contributed by atoms with Crippen LogP contribution in [0.5, 0.6) is 11.5 Å². The Hall–Kier alpha value is -4.66. The van der Waals surface area contributed by atoms with Gasteiger partial charge in [-0.2, -0.15) is 0 Å². The molecule has 0 saturated heterocycles. The molecule has 4 aromatic rings. The van der Waals surface area contributed by atoms with E-state index in [0.717, 1.165) is 0 Å². The van der Waals surface area contributed by atoms with Crippen molar-refractivity contribution in [3.63, 3.8) is 0 Å². The SMILES string of the molecule is COc1ccc(NC(=O)[C@H](C)n2c(=O)c(-c3ccccc3NC(C)=O)nc3ccccc32)cc1OC. The van der Waals surface area contributed by atoms with Crippen LogP contribution >= 0.6 is 0 Å². The Balaban J connectivity index is 1.80. The second-order valence-electron chi connectivity index (χ2n) is 8.09. The summed E-state index contributed by atoms with van der Waals surface area (Å²) >= 11 is 0. The van der Waals surface area contributed by atoms with Crippen LogP contribution in [0, 0.1) is 0 Å². The summed E-state index contributed by atoms with van der Waals surface area (Å²) in [4.78, 5) is 43.4. The Kier molecular flexibility index (Phi) is 7.00. The summed E-state index contributed by atoms with van der Waals surface area (Å²) in [5.41, 5.74) is 2.13. The molecule has 3 aromatic carbocycles. The van der Waals surface area contributed by atoms with E-state index >= 15 is 0 Å². The van der Waals surface area contributed by atoms with Crippen LogP contribution in [0.4, 0.5) is 11.4 Å². The Morgan fingerprint density at radius 1 is 0.917 bits per heavy atom. The molecule has 2 amide bonds. The third kappa shape index (κ3) is 4.76. The number of benzene rings is 3. The van der Waals surface area contributed by atoms with E-state index in [1.54, 1.807) is 67.6 Å². The minimum Gasteiger partial charge on any atom is -0.493 e. The summed E-state index contributed by atoms with van der Waals surface area (Å²) in [6.07, 6.45) is 0. The quantitative estimate of drug-likeness (QED) is 0.404. The van der Waals surface area contributed by atoms with Gasteiger partial charge in [0, 0.05) is 24.2 Å². The van der Waals surface area contributed by atoms with E-state index in [2.05, 4.69) is 15.6 Å². The number of fused-ring (bicyclic) bond motifs is 1. The maximum Gasteiger partial charge on any atom is 0.278 e. The minimum absolute atomic E-state index is 0.129. The smallest absolute Gasteiger partial charge is 0.278 e. The summed E-state index contributed by atoms with van der Waals surface area (Å²) in [6, 6.07) is 18.2. The highest BCUT2D eigenvalue weighted by atomic mass is 16.5. The van der Waals surface area contributed by atoms with Crippen LogP contribution in [0.15, 0.2) is 71.5 Å². The second-order valence-corrected chi connectivity index (χ2v) is 8.09. The number of nitrogens with zero attached hydrogens (tertiary/aromatic N) is 2. The lowest BCUT2D eigenvalue weighted by Crippen LogP contribution is -2.33. The first-order chi connectivity index (χ1) is 17.3. The molecule has 36 heavy (non-hydrogen) atoms. The zero-order chi connectivity index (χ0) is 25.8. The highest BCUT2D eigenvalue weighted by molar-refractivity contribution is 5.96. The second kappa shape index (κ2) is 10.3. The van der Waals surface area contributed by atoms with Crippen molar-refractivity contribution in [3.8, 4) is 22.8 Å². The van der Waals surface area contributed by atoms with Crippen molar-refractivity contribution in [2.75, 3.05) is 24.9 Å². The standard InChI is InChI=1S/C27H26N4O5/c1-16(26(33)29-18-13-14-23(35-3)24(15-18)36-4)31-22-12-8-7-11-21(22)30-25(27(31)34)19-9-5-6-10-20(19)28-17(2)32/h5-16H,1-4H3,(H,28,32)(H,29,33)/t16-/m0/s1. The largest absolute Gasteiger partial charge is 0.493 e. The fraction of sp³-hybridized carbons (Fsp3) is 0.185. The van der Waals surface area contributed by atoms with Gasteiger partial charge in [0.05, 0.1) is 30.9 Å². The average Bonchev–Trinajstić information content (AvgIpc) is 2.88. The minimum atomic E-state index is -0.884. The molecule has 0 aliphatic heterocycles. The number of carbonyl (C=O) groups is 2. The van der Waals surface area contributed by atoms with Gasteiger partial charge in [0.25, 0.3) is 5.56 Å². The summed E-state index contributed by atoms with van der Waals surface area (Å²) in [5, 5.41) is 5.59.